The van der Waals surface area contributed by atoms with Crippen LogP contribution in [0.1, 0.15) is 37.8 Å². The van der Waals surface area contributed by atoms with Crippen molar-refractivity contribution in [3.05, 3.63) is 29.8 Å². The summed E-state index contributed by atoms with van der Waals surface area (Å²) in [5.41, 5.74) is 7.80. The lowest BCUT2D eigenvalue weighted by molar-refractivity contribution is -0.120. The molecular formula is C15H20N2O. The van der Waals surface area contributed by atoms with E-state index in [1.165, 1.54) is 6.42 Å². The molecule has 1 amide bonds. The van der Waals surface area contributed by atoms with Gasteiger partial charge in [0.1, 0.15) is 0 Å². The lowest BCUT2D eigenvalue weighted by Crippen LogP contribution is -2.23. The summed E-state index contributed by atoms with van der Waals surface area (Å²) in [5.74, 6) is 2.07. The van der Waals surface area contributed by atoms with Gasteiger partial charge in [-0.25, -0.2) is 0 Å². The molecule has 2 saturated carbocycles. The lowest BCUT2D eigenvalue weighted by atomic mass is 10.0. The highest BCUT2D eigenvalue weighted by atomic mass is 16.1. The number of hydrogen-bond donors (Lipinski definition) is 2. The molecule has 0 aliphatic heterocycles. The number of nitrogens with two attached hydrogens (primary N) is 1. The van der Waals surface area contributed by atoms with E-state index < -0.39 is 0 Å². The number of para-hydroxylation sites is 1. The van der Waals surface area contributed by atoms with Gasteiger partial charge in [-0.1, -0.05) is 18.2 Å². The first-order chi connectivity index (χ1) is 8.65. The molecule has 2 aliphatic carbocycles. The van der Waals surface area contributed by atoms with E-state index in [0.29, 0.717) is 0 Å². The van der Waals surface area contributed by atoms with Crippen LogP contribution in [0.3, 0.4) is 0 Å². The molecule has 3 N–H and O–H groups in total. The van der Waals surface area contributed by atoms with Crippen LogP contribution in [0.25, 0.3) is 0 Å². The molecule has 3 unspecified atom stereocenters. The van der Waals surface area contributed by atoms with E-state index in [1.807, 2.05) is 31.2 Å². The molecule has 0 radical (unpaired) electrons. The molecule has 3 heteroatoms. The number of rotatable bonds is 3. The van der Waals surface area contributed by atoms with Gasteiger partial charge in [0.15, 0.2) is 0 Å². The minimum absolute atomic E-state index is 0.0570. The molecule has 1 aromatic carbocycles. The first-order valence-corrected chi connectivity index (χ1v) is 6.80. The summed E-state index contributed by atoms with van der Waals surface area (Å²) in [6, 6.07) is 7.75. The topological polar surface area (TPSA) is 55.1 Å². The van der Waals surface area contributed by atoms with Crippen LogP contribution in [-0.4, -0.2) is 5.91 Å². The Morgan fingerprint density at radius 1 is 1.28 bits per heavy atom. The summed E-state index contributed by atoms with van der Waals surface area (Å²) in [7, 11) is 0. The van der Waals surface area contributed by atoms with Gasteiger partial charge in [-0.2, -0.15) is 0 Å². The third kappa shape index (κ3) is 2.15. The van der Waals surface area contributed by atoms with Crippen LogP contribution < -0.4 is 11.1 Å². The Hall–Kier alpha value is -1.35. The number of fused-ring (bicyclic) bond motifs is 1. The van der Waals surface area contributed by atoms with Crippen molar-refractivity contribution in [2.75, 3.05) is 5.32 Å². The highest BCUT2D eigenvalue weighted by Gasteiger charge is 2.48. The quantitative estimate of drug-likeness (QED) is 0.859. The van der Waals surface area contributed by atoms with E-state index in [4.69, 9.17) is 5.73 Å². The fraction of sp³-hybridized carbons (Fsp3) is 0.533. The zero-order valence-corrected chi connectivity index (χ0v) is 10.7. The van der Waals surface area contributed by atoms with Crippen molar-refractivity contribution in [1.82, 2.24) is 0 Å². The van der Waals surface area contributed by atoms with Crippen LogP contribution in [0, 0.1) is 17.8 Å². The van der Waals surface area contributed by atoms with Gasteiger partial charge in [-0.3, -0.25) is 4.79 Å². The highest BCUT2D eigenvalue weighted by Crippen LogP contribution is 2.54. The standard InChI is InChI=1S/C15H20N2O/c1-9(16)13-4-2-3-5-14(13)17-15(18)12-7-10-6-11(10)8-12/h2-5,9-12H,6-8,16H2,1H3,(H,17,18). The Labute approximate surface area is 108 Å². The van der Waals surface area contributed by atoms with E-state index >= 15 is 0 Å². The van der Waals surface area contributed by atoms with E-state index in [1.54, 1.807) is 0 Å². The van der Waals surface area contributed by atoms with Crippen LogP contribution >= 0.6 is 0 Å². The molecule has 0 aromatic heterocycles. The summed E-state index contributed by atoms with van der Waals surface area (Å²) >= 11 is 0. The molecule has 0 heterocycles. The maximum Gasteiger partial charge on any atom is 0.227 e. The molecule has 0 bridgehead atoms. The largest absolute Gasteiger partial charge is 0.326 e. The van der Waals surface area contributed by atoms with Gasteiger partial charge >= 0.3 is 0 Å². The van der Waals surface area contributed by atoms with Crippen LogP contribution in [-0.2, 0) is 4.79 Å². The molecular weight excluding hydrogens is 224 g/mol. The van der Waals surface area contributed by atoms with Crippen molar-refractivity contribution in [3.63, 3.8) is 0 Å². The van der Waals surface area contributed by atoms with E-state index in [2.05, 4.69) is 5.32 Å². The average Bonchev–Trinajstić information content (AvgIpc) is 2.96. The Balaban J connectivity index is 1.70. The smallest absolute Gasteiger partial charge is 0.227 e. The van der Waals surface area contributed by atoms with Gasteiger partial charge in [-0.05, 0) is 49.7 Å². The molecule has 0 spiro atoms. The molecule has 1 aromatic rings. The van der Waals surface area contributed by atoms with Crippen LogP contribution in [0.2, 0.25) is 0 Å². The predicted octanol–water partition coefficient (Wildman–Crippen LogP) is 2.69. The summed E-state index contributed by atoms with van der Waals surface area (Å²) in [5, 5.41) is 3.06. The summed E-state index contributed by atoms with van der Waals surface area (Å²) in [6.07, 6.45) is 3.51. The predicted molar refractivity (Wildman–Crippen MR) is 72.0 cm³/mol. The molecule has 3 nitrogen and oxygen atoms in total. The minimum Gasteiger partial charge on any atom is -0.326 e. The number of nitrogens with one attached hydrogen (secondary N) is 1. The summed E-state index contributed by atoms with van der Waals surface area (Å²) in [6.45, 7) is 1.94. The van der Waals surface area contributed by atoms with E-state index in [-0.39, 0.29) is 17.9 Å². The monoisotopic (exact) mass is 244 g/mol. The average molecular weight is 244 g/mol. The van der Waals surface area contributed by atoms with Crippen molar-refractivity contribution in [2.45, 2.75) is 32.2 Å². The second kappa shape index (κ2) is 4.39. The Kier molecular flexibility index (Phi) is 2.86. The molecule has 96 valence electrons. The van der Waals surface area contributed by atoms with Crippen molar-refractivity contribution >= 4 is 11.6 Å². The Morgan fingerprint density at radius 3 is 2.61 bits per heavy atom. The fourth-order valence-corrected chi connectivity index (χ4v) is 3.17. The van der Waals surface area contributed by atoms with Crippen LogP contribution in [0.4, 0.5) is 5.69 Å². The SMILES string of the molecule is CC(N)c1ccccc1NC(=O)C1CC2CC2C1. The fourth-order valence-electron chi connectivity index (χ4n) is 3.17. The van der Waals surface area contributed by atoms with Gasteiger partial charge in [0.05, 0.1) is 0 Å². The minimum atomic E-state index is -0.0570. The summed E-state index contributed by atoms with van der Waals surface area (Å²) < 4.78 is 0. The maximum atomic E-state index is 12.2. The number of carbonyl (C=O) groups excluding carboxylic acids is 1. The third-order valence-corrected chi connectivity index (χ3v) is 4.32. The number of amides is 1. The first-order valence-electron chi connectivity index (χ1n) is 6.80. The zero-order valence-electron chi connectivity index (χ0n) is 10.7. The molecule has 0 saturated heterocycles. The molecule has 18 heavy (non-hydrogen) atoms. The molecule has 3 rings (SSSR count). The second-order valence-corrected chi connectivity index (χ2v) is 5.79. The van der Waals surface area contributed by atoms with Gasteiger partial charge in [0.25, 0.3) is 0 Å². The van der Waals surface area contributed by atoms with Crippen molar-refractivity contribution in [3.8, 4) is 0 Å². The van der Waals surface area contributed by atoms with Crippen molar-refractivity contribution in [2.24, 2.45) is 23.5 Å². The lowest BCUT2D eigenvalue weighted by Gasteiger charge is -2.16. The second-order valence-electron chi connectivity index (χ2n) is 5.79. The molecule has 2 fully saturated rings. The molecule has 3 atom stereocenters. The molecule has 2 aliphatic rings. The van der Waals surface area contributed by atoms with Crippen LogP contribution in [0.5, 0.6) is 0 Å². The highest BCUT2D eigenvalue weighted by molar-refractivity contribution is 5.93. The maximum absolute atomic E-state index is 12.2. The number of anilines is 1. The van der Waals surface area contributed by atoms with Gasteiger partial charge < -0.3 is 11.1 Å². The third-order valence-electron chi connectivity index (χ3n) is 4.32. The van der Waals surface area contributed by atoms with Gasteiger partial charge in [0, 0.05) is 17.6 Å². The van der Waals surface area contributed by atoms with Crippen molar-refractivity contribution < 1.29 is 4.79 Å². The van der Waals surface area contributed by atoms with Gasteiger partial charge in [-0.15, -0.1) is 0 Å². The van der Waals surface area contributed by atoms with Crippen LogP contribution in [0.15, 0.2) is 24.3 Å². The first kappa shape index (κ1) is 11.7. The van der Waals surface area contributed by atoms with E-state index in [9.17, 15) is 4.79 Å². The number of hydrogen-bond acceptors (Lipinski definition) is 2. The number of benzene rings is 1. The zero-order chi connectivity index (χ0) is 12.7. The number of carbonyl (C=O) groups is 1. The normalized spacial score (nSPS) is 30.7. The Bertz CT molecular complexity index is 459. The van der Waals surface area contributed by atoms with E-state index in [0.717, 1.165) is 35.9 Å². The Morgan fingerprint density at radius 2 is 1.94 bits per heavy atom. The van der Waals surface area contributed by atoms with Crippen molar-refractivity contribution in [1.29, 1.82) is 0 Å². The summed E-state index contributed by atoms with van der Waals surface area (Å²) in [4.78, 5) is 12.2. The van der Waals surface area contributed by atoms with Gasteiger partial charge in [0.2, 0.25) is 5.91 Å².